The zero-order valence-electron chi connectivity index (χ0n) is 9.21. The molecule has 0 fully saturated rings. The van der Waals surface area contributed by atoms with E-state index in [0.29, 0.717) is 19.5 Å². The number of halogens is 1. The fourth-order valence-electron chi connectivity index (χ4n) is 1.32. The Morgan fingerprint density at radius 1 is 1.38 bits per heavy atom. The van der Waals surface area contributed by atoms with E-state index in [1.54, 1.807) is 0 Å². The minimum Gasteiger partial charge on any atom is -0.481 e. The standard InChI is InChI=1S/C13H16FNO/c1-2-10-16-13-7-4-3-6-12(13)11-15-9-5-8-14/h1,3-4,6-7,15H,5,8-11H2. The van der Waals surface area contributed by atoms with Gasteiger partial charge in [0.15, 0.2) is 0 Å². The van der Waals surface area contributed by atoms with Gasteiger partial charge in [-0.05, 0) is 19.0 Å². The maximum atomic E-state index is 11.9. The van der Waals surface area contributed by atoms with Crippen LogP contribution in [0, 0.1) is 12.3 Å². The lowest BCUT2D eigenvalue weighted by molar-refractivity contribution is 0.364. The Hall–Kier alpha value is -1.53. The smallest absolute Gasteiger partial charge is 0.148 e. The molecule has 0 unspecified atom stereocenters. The van der Waals surface area contributed by atoms with E-state index in [4.69, 9.17) is 11.2 Å². The lowest BCUT2D eigenvalue weighted by Crippen LogP contribution is -2.15. The van der Waals surface area contributed by atoms with E-state index in [2.05, 4.69) is 11.2 Å². The molecule has 0 aliphatic heterocycles. The van der Waals surface area contributed by atoms with Gasteiger partial charge in [0.25, 0.3) is 0 Å². The van der Waals surface area contributed by atoms with E-state index < -0.39 is 0 Å². The van der Waals surface area contributed by atoms with Crippen molar-refractivity contribution in [3.63, 3.8) is 0 Å². The van der Waals surface area contributed by atoms with Crippen LogP contribution < -0.4 is 10.1 Å². The highest BCUT2D eigenvalue weighted by Crippen LogP contribution is 2.17. The summed E-state index contributed by atoms with van der Waals surface area (Å²) in [6.07, 6.45) is 5.67. The van der Waals surface area contributed by atoms with Crippen molar-refractivity contribution in [3.05, 3.63) is 29.8 Å². The minimum atomic E-state index is -0.289. The summed E-state index contributed by atoms with van der Waals surface area (Å²) >= 11 is 0. The topological polar surface area (TPSA) is 21.3 Å². The summed E-state index contributed by atoms with van der Waals surface area (Å²) in [5.41, 5.74) is 1.04. The Bertz CT molecular complexity index is 346. The van der Waals surface area contributed by atoms with Crippen LogP contribution in [0.3, 0.4) is 0 Å². The largest absolute Gasteiger partial charge is 0.481 e. The lowest BCUT2D eigenvalue weighted by Gasteiger charge is -2.09. The average molecular weight is 221 g/mol. The van der Waals surface area contributed by atoms with Gasteiger partial charge >= 0.3 is 0 Å². The highest BCUT2D eigenvalue weighted by molar-refractivity contribution is 5.33. The minimum absolute atomic E-state index is 0.265. The van der Waals surface area contributed by atoms with Crippen molar-refractivity contribution in [1.82, 2.24) is 5.32 Å². The number of hydrogen-bond acceptors (Lipinski definition) is 2. The molecule has 0 spiro atoms. The number of para-hydroxylation sites is 1. The SMILES string of the molecule is C#CCOc1ccccc1CNCCCF. The van der Waals surface area contributed by atoms with Crippen LogP contribution >= 0.6 is 0 Å². The van der Waals surface area contributed by atoms with E-state index in [9.17, 15) is 4.39 Å². The first-order chi connectivity index (χ1) is 7.88. The highest BCUT2D eigenvalue weighted by Gasteiger charge is 2.01. The van der Waals surface area contributed by atoms with Crippen molar-refractivity contribution in [1.29, 1.82) is 0 Å². The molecule has 0 saturated heterocycles. The van der Waals surface area contributed by atoms with Gasteiger partial charge in [-0.2, -0.15) is 0 Å². The third-order valence-electron chi connectivity index (χ3n) is 2.09. The van der Waals surface area contributed by atoms with Crippen molar-refractivity contribution in [3.8, 4) is 18.1 Å². The number of benzene rings is 1. The quantitative estimate of drug-likeness (QED) is 0.562. The number of ether oxygens (including phenoxy) is 1. The molecule has 0 heterocycles. The normalized spacial score (nSPS) is 9.75. The molecule has 2 nitrogen and oxygen atoms in total. The molecular weight excluding hydrogens is 205 g/mol. The van der Waals surface area contributed by atoms with Crippen LogP contribution in [0.5, 0.6) is 5.75 Å². The van der Waals surface area contributed by atoms with Gasteiger partial charge in [0.1, 0.15) is 12.4 Å². The van der Waals surface area contributed by atoms with Crippen LogP contribution in [0.1, 0.15) is 12.0 Å². The summed E-state index contributed by atoms with van der Waals surface area (Å²) in [4.78, 5) is 0. The molecule has 1 N–H and O–H groups in total. The van der Waals surface area contributed by atoms with Gasteiger partial charge in [-0.25, -0.2) is 0 Å². The van der Waals surface area contributed by atoms with Gasteiger partial charge in [-0.3, -0.25) is 4.39 Å². The molecule has 0 amide bonds. The Morgan fingerprint density at radius 2 is 2.19 bits per heavy atom. The predicted octanol–water partition coefficient (Wildman–Crippen LogP) is 2.15. The molecule has 1 rings (SSSR count). The maximum Gasteiger partial charge on any atom is 0.148 e. The van der Waals surface area contributed by atoms with Crippen LogP contribution in [-0.2, 0) is 6.54 Å². The van der Waals surface area contributed by atoms with Gasteiger partial charge in [0.05, 0.1) is 6.67 Å². The third kappa shape index (κ3) is 4.33. The highest BCUT2D eigenvalue weighted by atomic mass is 19.1. The molecule has 0 aliphatic carbocycles. The maximum absolute atomic E-state index is 11.9. The van der Waals surface area contributed by atoms with Crippen LogP contribution in [-0.4, -0.2) is 19.8 Å². The first-order valence-corrected chi connectivity index (χ1v) is 5.29. The van der Waals surface area contributed by atoms with E-state index in [1.807, 2.05) is 24.3 Å². The number of terminal acetylenes is 1. The first kappa shape index (κ1) is 12.5. The van der Waals surface area contributed by atoms with E-state index in [-0.39, 0.29) is 13.3 Å². The second-order valence-electron chi connectivity index (χ2n) is 3.32. The Balaban J connectivity index is 2.47. The van der Waals surface area contributed by atoms with E-state index in [1.165, 1.54) is 0 Å². The molecule has 0 aromatic heterocycles. The van der Waals surface area contributed by atoms with Gasteiger partial charge < -0.3 is 10.1 Å². The van der Waals surface area contributed by atoms with Crippen molar-refractivity contribution in [2.45, 2.75) is 13.0 Å². The third-order valence-corrected chi connectivity index (χ3v) is 2.09. The van der Waals surface area contributed by atoms with Crippen molar-refractivity contribution in [2.24, 2.45) is 0 Å². The second-order valence-corrected chi connectivity index (χ2v) is 3.32. The molecule has 1 aromatic rings. The second kappa shape index (κ2) is 7.72. The fraction of sp³-hybridized carbons (Fsp3) is 0.385. The fourth-order valence-corrected chi connectivity index (χ4v) is 1.32. The number of hydrogen-bond donors (Lipinski definition) is 1. The number of alkyl halides is 1. The van der Waals surface area contributed by atoms with Crippen molar-refractivity contribution >= 4 is 0 Å². The predicted molar refractivity (Wildman–Crippen MR) is 63.1 cm³/mol. The van der Waals surface area contributed by atoms with Crippen LogP contribution in [0.4, 0.5) is 4.39 Å². The molecule has 0 radical (unpaired) electrons. The van der Waals surface area contributed by atoms with Gasteiger partial charge in [-0.1, -0.05) is 24.1 Å². The van der Waals surface area contributed by atoms with Gasteiger partial charge in [0.2, 0.25) is 0 Å². The van der Waals surface area contributed by atoms with Crippen LogP contribution in [0.15, 0.2) is 24.3 Å². The molecule has 1 aromatic carbocycles. The summed E-state index contributed by atoms with van der Waals surface area (Å²) < 4.78 is 17.3. The summed E-state index contributed by atoms with van der Waals surface area (Å²) in [5.74, 6) is 3.21. The van der Waals surface area contributed by atoms with Crippen molar-refractivity contribution < 1.29 is 9.13 Å². The van der Waals surface area contributed by atoms with Crippen LogP contribution in [0.25, 0.3) is 0 Å². The van der Waals surface area contributed by atoms with E-state index >= 15 is 0 Å². The first-order valence-electron chi connectivity index (χ1n) is 5.29. The Morgan fingerprint density at radius 3 is 2.94 bits per heavy atom. The van der Waals surface area contributed by atoms with Crippen LogP contribution in [0.2, 0.25) is 0 Å². The molecule has 16 heavy (non-hydrogen) atoms. The summed E-state index contributed by atoms with van der Waals surface area (Å²) in [6, 6.07) is 7.68. The van der Waals surface area contributed by atoms with Crippen molar-refractivity contribution in [2.75, 3.05) is 19.8 Å². The Labute approximate surface area is 95.8 Å². The number of nitrogens with one attached hydrogen (secondary N) is 1. The summed E-state index contributed by atoms with van der Waals surface area (Å²) in [5, 5.41) is 3.15. The average Bonchev–Trinajstić information content (AvgIpc) is 2.33. The van der Waals surface area contributed by atoms with Gasteiger partial charge in [0, 0.05) is 12.1 Å². The molecular formula is C13H16FNO. The summed E-state index contributed by atoms with van der Waals surface area (Å²) in [6.45, 7) is 1.31. The molecule has 0 saturated carbocycles. The van der Waals surface area contributed by atoms with Gasteiger partial charge in [-0.15, -0.1) is 6.42 Å². The Kier molecular flexibility index (Phi) is 6.05. The molecule has 86 valence electrons. The zero-order chi connectivity index (χ0) is 11.6. The van der Waals surface area contributed by atoms with E-state index in [0.717, 1.165) is 11.3 Å². The number of rotatable bonds is 7. The molecule has 0 atom stereocenters. The molecule has 0 bridgehead atoms. The molecule has 3 heteroatoms. The zero-order valence-corrected chi connectivity index (χ0v) is 9.21. The lowest BCUT2D eigenvalue weighted by atomic mass is 10.2. The molecule has 0 aliphatic rings. The summed E-state index contributed by atoms with van der Waals surface area (Å²) in [7, 11) is 0. The monoisotopic (exact) mass is 221 g/mol.